The number of aliphatic hydroxyl groups excluding tert-OH is 1. The molecule has 0 aliphatic heterocycles. The third-order valence-electron chi connectivity index (χ3n) is 2.98. The Labute approximate surface area is 76.2 Å². The van der Waals surface area contributed by atoms with Gasteiger partial charge < -0.3 is 5.11 Å². The zero-order chi connectivity index (χ0) is 8.81. The summed E-state index contributed by atoms with van der Waals surface area (Å²) >= 11 is 0. The van der Waals surface area contributed by atoms with Crippen molar-refractivity contribution in [3.63, 3.8) is 0 Å². The third-order valence-corrected chi connectivity index (χ3v) is 2.98. The van der Waals surface area contributed by atoms with Crippen molar-refractivity contribution in [1.29, 1.82) is 0 Å². The molecular formula is C11H22O. The fourth-order valence-electron chi connectivity index (χ4n) is 1.90. The summed E-state index contributed by atoms with van der Waals surface area (Å²) < 4.78 is 0. The van der Waals surface area contributed by atoms with Gasteiger partial charge in [-0.1, -0.05) is 45.4 Å². The molecule has 0 aromatic heterocycles. The van der Waals surface area contributed by atoms with Crippen LogP contribution >= 0.6 is 0 Å². The van der Waals surface area contributed by atoms with E-state index in [1.165, 1.54) is 44.9 Å². The van der Waals surface area contributed by atoms with Crippen molar-refractivity contribution in [2.45, 2.75) is 51.9 Å². The number of unbranched alkanes of at least 4 members (excludes halogenated alkanes) is 4. The summed E-state index contributed by atoms with van der Waals surface area (Å²) in [6, 6.07) is 0. The van der Waals surface area contributed by atoms with Crippen molar-refractivity contribution in [2.75, 3.05) is 6.61 Å². The molecule has 0 amide bonds. The van der Waals surface area contributed by atoms with Crippen LogP contribution in [-0.4, -0.2) is 11.7 Å². The Bertz CT molecular complexity index is 112. The number of hydrogen-bond donors (Lipinski definition) is 1. The minimum atomic E-state index is 0.430. The van der Waals surface area contributed by atoms with E-state index in [2.05, 4.69) is 6.92 Å². The molecule has 0 saturated heterocycles. The smallest absolute Gasteiger partial charge is 0.0462 e. The molecule has 1 aliphatic rings. The van der Waals surface area contributed by atoms with Crippen molar-refractivity contribution in [3.8, 4) is 0 Å². The van der Waals surface area contributed by atoms with E-state index < -0.39 is 0 Å². The van der Waals surface area contributed by atoms with Gasteiger partial charge in [-0.2, -0.15) is 0 Å². The second-order valence-electron chi connectivity index (χ2n) is 4.14. The highest BCUT2D eigenvalue weighted by Gasteiger charge is 2.34. The molecule has 1 saturated carbocycles. The van der Waals surface area contributed by atoms with Gasteiger partial charge in [-0.05, 0) is 18.3 Å². The van der Waals surface area contributed by atoms with E-state index in [9.17, 15) is 0 Å². The molecule has 1 heteroatoms. The summed E-state index contributed by atoms with van der Waals surface area (Å²) in [4.78, 5) is 0. The average molecular weight is 170 g/mol. The molecule has 1 fully saturated rings. The van der Waals surface area contributed by atoms with E-state index in [4.69, 9.17) is 5.11 Å². The van der Waals surface area contributed by atoms with Gasteiger partial charge >= 0.3 is 0 Å². The lowest BCUT2D eigenvalue weighted by atomic mass is 10.1. The maximum absolute atomic E-state index is 8.82. The maximum Gasteiger partial charge on any atom is 0.0462 e. The Hall–Kier alpha value is -0.0400. The number of rotatable bonds is 7. The molecule has 1 aliphatic carbocycles. The predicted octanol–water partition coefficient (Wildman–Crippen LogP) is 2.98. The first kappa shape index (κ1) is 10.0. The van der Waals surface area contributed by atoms with Crippen LogP contribution in [0, 0.1) is 11.8 Å². The fraction of sp³-hybridized carbons (Fsp3) is 1.00. The Balaban J connectivity index is 1.78. The lowest BCUT2D eigenvalue weighted by Gasteiger charge is -1.98. The van der Waals surface area contributed by atoms with Crippen LogP contribution in [0.1, 0.15) is 51.9 Å². The topological polar surface area (TPSA) is 20.2 Å². The van der Waals surface area contributed by atoms with Gasteiger partial charge in [0, 0.05) is 6.61 Å². The van der Waals surface area contributed by atoms with E-state index in [1.54, 1.807) is 0 Å². The molecule has 1 unspecified atom stereocenters. The minimum Gasteiger partial charge on any atom is -0.396 e. The Morgan fingerprint density at radius 2 is 1.83 bits per heavy atom. The highest BCUT2D eigenvalue weighted by atomic mass is 16.3. The van der Waals surface area contributed by atoms with Gasteiger partial charge in [0.1, 0.15) is 0 Å². The Kier molecular flexibility index (Phi) is 4.67. The monoisotopic (exact) mass is 170 g/mol. The summed E-state index contributed by atoms with van der Waals surface area (Å²) in [6.45, 7) is 2.68. The molecule has 1 nitrogen and oxygen atoms in total. The second kappa shape index (κ2) is 5.58. The molecule has 0 spiro atoms. The van der Waals surface area contributed by atoms with E-state index in [1.807, 2.05) is 0 Å². The van der Waals surface area contributed by atoms with Gasteiger partial charge in [-0.3, -0.25) is 0 Å². The average Bonchev–Trinajstić information content (AvgIpc) is 2.83. The van der Waals surface area contributed by atoms with Crippen molar-refractivity contribution < 1.29 is 5.11 Å². The number of aliphatic hydroxyl groups is 1. The van der Waals surface area contributed by atoms with Gasteiger partial charge in [0.15, 0.2) is 0 Å². The third kappa shape index (κ3) is 3.57. The summed E-state index contributed by atoms with van der Waals surface area (Å²) in [5, 5.41) is 8.82. The van der Waals surface area contributed by atoms with Crippen molar-refractivity contribution in [1.82, 2.24) is 0 Å². The normalized spacial score (nSPS) is 27.5. The highest BCUT2D eigenvalue weighted by Crippen LogP contribution is 2.41. The van der Waals surface area contributed by atoms with Crippen LogP contribution in [0.4, 0.5) is 0 Å². The van der Waals surface area contributed by atoms with Gasteiger partial charge in [-0.25, -0.2) is 0 Å². The van der Waals surface area contributed by atoms with E-state index in [0.29, 0.717) is 12.5 Å². The summed E-state index contributed by atoms with van der Waals surface area (Å²) in [5.41, 5.74) is 0. The Morgan fingerprint density at radius 3 is 2.42 bits per heavy atom. The lowest BCUT2D eigenvalue weighted by molar-refractivity contribution is 0.267. The zero-order valence-electron chi connectivity index (χ0n) is 8.26. The molecule has 0 bridgehead atoms. The first-order chi connectivity index (χ1) is 5.88. The maximum atomic E-state index is 8.82. The van der Waals surface area contributed by atoms with E-state index >= 15 is 0 Å². The van der Waals surface area contributed by atoms with E-state index in [0.717, 1.165) is 5.92 Å². The summed E-state index contributed by atoms with van der Waals surface area (Å²) in [5.74, 6) is 1.56. The van der Waals surface area contributed by atoms with Crippen LogP contribution in [-0.2, 0) is 0 Å². The Morgan fingerprint density at radius 1 is 1.08 bits per heavy atom. The van der Waals surface area contributed by atoms with Gasteiger partial charge in [-0.15, -0.1) is 0 Å². The molecule has 1 rings (SSSR count). The molecule has 0 heterocycles. The molecule has 0 aromatic rings. The first-order valence-corrected chi connectivity index (χ1v) is 5.49. The number of hydrogen-bond acceptors (Lipinski definition) is 1. The summed E-state index contributed by atoms with van der Waals surface area (Å²) in [7, 11) is 0. The standard InChI is InChI=1S/C11H22O/c1-2-3-4-5-6-7-10-8-11(10)9-12/h10-12H,2-9H2,1H3/t10?,11-/m1/s1. The molecular weight excluding hydrogens is 148 g/mol. The van der Waals surface area contributed by atoms with Crippen LogP contribution in [0.2, 0.25) is 0 Å². The second-order valence-corrected chi connectivity index (χ2v) is 4.14. The molecule has 72 valence electrons. The van der Waals surface area contributed by atoms with Crippen LogP contribution in [0.25, 0.3) is 0 Å². The minimum absolute atomic E-state index is 0.430. The van der Waals surface area contributed by atoms with Gasteiger partial charge in [0.2, 0.25) is 0 Å². The molecule has 1 N–H and O–H groups in total. The highest BCUT2D eigenvalue weighted by molar-refractivity contribution is 4.84. The van der Waals surface area contributed by atoms with Gasteiger partial charge in [0.05, 0.1) is 0 Å². The molecule has 0 radical (unpaired) electrons. The van der Waals surface area contributed by atoms with Crippen LogP contribution in [0.15, 0.2) is 0 Å². The largest absolute Gasteiger partial charge is 0.396 e. The predicted molar refractivity (Wildman–Crippen MR) is 52.1 cm³/mol. The fourth-order valence-corrected chi connectivity index (χ4v) is 1.90. The summed E-state index contributed by atoms with van der Waals surface area (Å²) in [6.07, 6.45) is 9.60. The van der Waals surface area contributed by atoms with Crippen molar-refractivity contribution in [2.24, 2.45) is 11.8 Å². The SMILES string of the molecule is CCCCCCCC1C[C@@H]1CO. The molecule has 12 heavy (non-hydrogen) atoms. The van der Waals surface area contributed by atoms with Crippen LogP contribution in [0.3, 0.4) is 0 Å². The lowest BCUT2D eigenvalue weighted by Crippen LogP contribution is -1.89. The first-order valence-electron chi connectivity index (χ1n) is 5.49. The van der Waals surface area contributed by atoms with Crippen LogP contribution in [0.5, 0.6) is 0 Å². The van der Waals surface area contributed by atoms with E-state index in [-0.39, 0.29) is 0 Å². The molecule has 2 atom stereocenters. The zero-order valence-corrected chi connectivity index (χ0v) is 8.26. The quantitative estimate of drug-likeness (QED) is 0.582. The van der Waals surface area contributed by atoms with Crippen molar-refractivity contribution in [3.05, 3.63) is 0 Å². The molecule has 0 aromatic carbocycles. The van der Waals surface area contributed by atoms with Gasteiger partial charge in [0.25, 0.3) is 0 Å². The van der Waals surface area contributed by atoms with Crippen LogP contribution < -0.4 is 0 Å². The van der Waals surface area contributed by atoms with Crippen molar-refractivity contribution >= 4 is 0 Å².